The van der Waals surface area contributed by atoms with Crippen LogP contribution in [0.4, 0.5) is 0 Å². The second-order valence-corrected chi connectivity index (χ2v) is 3.84. The maximum absolute atomic E-state index is 5.46. The summed E-state index contributed by atoms with van der Waals surface area (Å²) in [6.07, 6.45) is 5.19. The van der Waals surface area contributed by atoms with Crippen molar-refractivity contribution >= 4 is 0 Å². The average molecular weight is 467 g/mol. The van der Waals surface area contributed by atoms with Crippen LogP contribution >= 0.6 is 0 Å². The van der Waals surface area contributed by atoms with E-state index in [0.717, 1.165) is 52.5 Å². The minimum absolute atomic E-state index is 0. The normalized spacial score (nSPS) is 15.7. The minimum atomic E-state index is 0. The Morgan fingerprint density at radius 2 is 1.71 bits per heavy atom. The predicted molar refractivity (Wildman–Crippen MR) is 68.3 cm³/mol. The zero-order chi connectivity index (χ0) is 12.1. The minimum Gasteiger partial charge on any atom is -0.383 e. The Kier molecular flexibility index (Phi) is 20.2. The number of hydrogen-bond donors (Lipinski definition) is 0. The summed E-state index contributed by atoms with van der Waals surface area (Å²) in [7, 11) is 0. The average Bonchev–Trinajstić information content (AvgIpc) is 2.31. The fraction of sp³-hybridized carbons (Fsp3) is 0.846. The molecule has 1 aliphatic heterocycles. The molecule has 1 fully saturated rings. The quantitative estimate of drug-likeness (QED) is 0.442. The van der Waals surface area contributed by atoms with Crippen molar-refractivity contribution in [3.63, 3.8) is 0 Å². The first-order chi connectivity index (χ1) is 7.85. The van der Waals surface area contributed by atoms with Crippen LogP contribution in [0, 0.1) is 44.0 Å². The Morgan fingerprint density at radius 1 is 1.12 bits per heavy atom. The second kappa shape index (κ2) is 16.9. The first-order valence-corrected chi connectivity index (χ1v) is 6.24. The first-order valence-electron chi connectivity index (χ1n) is 6.24. The summed E-state index contributed by atoms with van der Waals surface area (Å²) in [5.41, 5.74) is 0. The van der Waals surface area contributed by atoms with Gasteiger partial charge in [0.05, 0.1) is 19.8 Å². The van der Waals surface area contributed by atoms with Gasteiger partial charge in [0.15, 0.2) is 0 Å². The summed E-state index contributed by atoms with van der Waals surface area (Å²) in [5.74, 6) is 0. The van der Waals surface area contributed by atoms with Crippen LogP contribution in [0.2, 0.25) is 0 Å². The maximum Gasteiger partial charge on any atom is 0.0594 e. The monoisotopic (exact) mass is 467 g/mol. The van der Waals surface area contributed by atoms with E-state index in [1.807, 2.05) is 20.3 Å². The molecule has 1 rings (SSSR count). The predicted octanol–water partition coefficient (Wildman–Crippen LogP) is 2.18. The van der Waals surface area contributed by atoms with Gasteiger partial charge in [-0.1, -0.05) is 0 Å². The van der Waals surface area contributed by atoms with E-state index in [1.54, 1.807) is 0 Å². The molecule has 0 atom stereocenters. The number of nitrogens with zero attached hydrogens (tertiary/aromatic N) is 1. The van der Waals surface area contributed by atoms with Crippen LogP contribution in [0.1, 0.15) is 27.2 Å². The molecule has 17 heavy (non-hydrogen) atoms. The number of morpholine rings is 1. The molecule has 0 radical (unpaired) electrons. The van der Waals surface area contributed by atoms with E-state index in [4.69, 9.17) is 9.47 Å². The molecule has 0 aromatic carbocycles. The van der Waals surface area contributed by atoms with E-state index in [2.05, 4.69) is 18.2 Å². The molecule has 3 nitrogen and oxygen atoms in total. The van der Waals surface area contributed by atoms with Gasteiger partial charge in [0.2, 0.25) is 0 Å². The Balaban J connectivity index is 0. The van der Waals surface area contributed by atoms with Crippen LogP contribution in [0.15, 0.2) is 0 Å². The number of ether oxygens (including phenoxy) is 2. The second-order valence-electron chi connectivity index (χ2n) is 3.84. The largest absolute Gasteiger partial charge is 0.383 e. The van der Waals surface area contributed by atoms with E-state index in [0.29, 0.717) is 0 Å². The molecule has 1 heterocycles. The number of unbranched alkanes of at least 4 members (excludes halogenated alkanes) is 1. The van der Waals surface area contributed by atoms with Gasteiger partial charge < -0.3 is 22.3 Å². The molecule has 0 aliphatic carbocycles. The Morgan fingerprint density at radius 3 is 2.24 bits per heavy atom. The molecule has 1 saturated heterocycles. The van der Waals surface area contributed by atoms with Crippen LogP contribution in [-0.2, 0) is 9.47 Å². The van der Waals surface area contributed by atoms with Crippen LogP contribution in [0.25, 0.3) is 0 Å². The third kappa shape index (κ3) is 14.9. The third-order valence-electron chi connectivity index (χ3n) is 2.21. The van der Waals surface area contributed by atoms with E-state index in [1.165, 1.54) is 0 Å². The molecular weight excluding hydrogens is 440 g/mol. The summed E-state index contributed by atoms with van der Waals surface area (Å²) >= 11 is 0. The summed E-state index contributed by atoms with van der Waals surface area (Å²) < 4.78 is 10.7. The Hall–Kier alpha value is 0.932. The van der Waals surface area contributed by atoms with Crippen LogP contribution in [-0.4, -0.2) is 51.0 Å². The fourth-order valence-electron chi connectivity index (χ4n) is 1.32. The van der Waals surface area contributed by atoms with Gasteiger partial charge in [0.25, 0.3) is 0 Å². The number of hydrogen-bond acceptors (Lipinski definition) is 3. The summed E-state index contributed by atoms with van der Waals surface area (Å²) in [4.78, 5) is 2.39. The van der Waals surface area contributed by atoms with Crippen molar-refractivity contribution in [1.29, 1.82) is 0 Å². The van der Waals surface area contributed by atoms with Crippen molar-refractivity contribution in [3.8, 4) is 0 Å². The zero-order valence-corrected chi connectivity index (χ0v) is 15.7. The molecule has 102 valence electrons. The third-order valence-corrected chi connectivity index (χ3v) is 2.21. The van der Waals surface area contributed by atoms with Gasteiger partial charge in [0.1, 0.15) is 0 Å². The summed E-state index contributed by atoms with van der Waals surface area (Å²) in [6, 6.07) is 0. The van der Waals surface area contributed by atoms with Gasteiger partial charge in [-0.2, -0.15) is 27.2 Å². The molecule has 0 N–H and O–H groups in total. The van der Waals surface area contributed by atoms with Crippen molar-refractivity contribution in [2.24, 2.45) is 0 Å². The topological polar surface area (TPSA) is 21.7 Å². The first kappa shape index (κ1) is 20.3. The van der Waals surface area contributed by atoms with Crippen LogP contribution < -0.4 is 0 Å². The van der Waals surface area contributed by atoms with Gasteiger partial charge in [0, 0.05) is 57.4 Å². The van der Waals surface area contributed by atoms with E-state index in [9.17, 15) is 0 Å². The molecule has 0 saturated carbocycles. The summed E-state index contributed by atoms with van der Waals surface area (Å²) in [5, 5.41) is 0. The molecule has 0 amide bonds. The fourth-order valence-corrected chi connectivity index (χ4v) is 1.32. The molecule has 0 unspecified atom stereocenters. The van der Waals surface area contributed by atoms with E-state index < -0.39 is 0 Å². The molecule has 1 aliphatic rings. The molecule has 0 aromatic heterocycles. The van der Waals surface area contributed by atoms with Gasteiger partial charge in [-0.25, -0.2) is 0 Å². The molecule has 0 bridgehead atoms. The smallest absolute Gasteiger partial charge is 0.0594 e. The number of rotatable bonds is 6. The van der Waals surface area contributed by atoms with E-state index in [-0.39, 0.29) is 31.1 Å². The van der Waals surface area contributed by atoms with Gasteiger partial charge in [-0.05, 0) is 0 Å². The van der Waals surface area contributed by atoms with E-state index >= 15 is 0 Å². The van der Waals surface area contributed by atoms with Crippen LogP contribution in [0.5, 0.6) is 0 Å². The van der Waals surface area contributed by atoms with Gasteiger partial charge in [-0.15, -0.1) is 0 Å². The SMILES string of the molecule is C[CH-]C.C[CH-]CCOCCN1CCOCC1.[U]. The maximum atomic E-state index is 5.46. The van der Waals surface area contributed by atoms with Gasteiger partial charge in [-0.3, -0.25) is 4.90 Å². The molecule has 0 aromatic rings. The summed E-state index contributed by atoms with van der Waals surface area (Å²) in [6.45, 7) is 12.7. The van der Waals surface area contributed by atoms with Gasteiger partial charge >= 0.3 is 0 Å². The Labute approximate surface area is 131 Å². The molecule has 4 heteroatoms. The van der Waals surface area contributed by atoms with Crippen molar-refractivity contribution in [3.05, 3.63) is 12.8 Å². The van der Waals surface area contributed by atoms with Crippen molar-refractivity contribution in [1.82, 2.24) is 4.90 Å². The standard InChI is InChI=1S/C10H20NO2.C3H7.U/c1-2-3-7-12-8-4-11-5-9-13-10-6-11;1-3-2;/h2H,3-10H2,1H3;3H,1-2H3;/q2*-1;. The van der Waals surface area contributed by atoms with Crippen molar-refractivity contribution < 1.29 is 40.6 Å². The van der Waals surface area contributed by atoms with Crippen LogP contribution in [0.3, 0.4) is 0 Å². The van der Waals surface area contributed by atoms with Crippen molar-refractivity contribution in [2.75, 3.05) is 46.1 Å². The molecular formula is C13H27NO2U-2. The zero-order valence-electron chi connectivity index (χ0n) is 11.6. The molecule has 0 spiro atoms. The Bertz CT molecular complexity index is 131. The van der Waals surface area contributed by atoms with Crippen molar-refractivity contribution in [2.45, 2.75) is 27.2 Å².